The lowest BCUT2D eigenvalue weighted by molar-refractivity contribution is -0.892. The Hall–Kier alpha value is -2.05. The summed E-state index contributed by atoms with van der Waals surface area (Å²) >= 11 is 1.84. The molecule has 26 heavy (non-hydrogen) atoms. The molecule has 1 fully saturated rings. The normalized spacial score (nSPS) is 15.0. The first-order chi connectivity index (χ1) is 12.8. The lowest BCUT2D eigenvalue weighted by Gasteiger charge is -2.27. The Morgan fingerprint density at radius 1 is 1.12 bits per heavy atom. The zero-order valence-corrected chi connectivity index (χ0v) is 15.9. The average molecular weight is 373 g/mol. The number of rotatable bonds is 8. The van der Waals surface area contributed by atoms with Gasteiger partial charge in [0.2, 0.25) is 0 Å². The van der Waals surface area contributed by atoms with Crippen molar-refractivity contribution in [2.75, 3.05) is 49.9 Å². The van der Waals surface area contributed by atoms with Crippen LogP contribution in [0.4, 0.5) is 5.82 Å². The highest BCUT2D eigenvalue weighted by molar-refractivity contribution is 7.99. The van der Waals surface area contributed by atoms with E-state index in [0.29, 0.717) is 6.54 Å². The Bertz CT molecular complexity index is 660. The fourth-order valence-corrected chi connectivity index (χ4v) is 3.99. The van der Waals surface area contributed by atoms with Crippen molar-refractivity contribution in [2.45, 2.75) is 11.3 Å². The molecule has 0 unspecified atom stereocenters. The number of thioether (sulfide) groups is 1. The van der Waals surface area contributed by atoms with Crippen molar-refractivity contribution in [3.63, 3.8) is 0 Å². The van der Waals surface area contributed by atoms with Gasteiger partial charge in [-0.2, -0.15) is 0 Å². The van der Waals surface area contributed by atoms with Gasteiger partial charge in [-0.3, -0.25) is 9.69 Å². The molecule has 5 nitrogen and oxygen atoms in total. The highest BCUT2D eigenvalue weighted by Gasteiger charge is 2.26. The number of anilines is 1. The van der Waals surface area contributed by atoms with Crippen LogP contribution in [0.5, 0.6) is 0 Å². The van der Waals surface area contributed by atoms with Gasteiger partial charge in [0.15, 0.2) is 6.54 Å². The third-order valence-electron chi connectivity index (χ3n) is 4.57. The zero-order valence-electron chi connectivity index (χ0n) is 15.1. The zero-order chi connectivity index (χ0) is 18.0. The van der Waals surface area contributed by atoms with Gasteiger partial charge in [0, 0.05) is 17.5 Å². The molecule has 3 N–H and O–H groups in total. The maximum absolute atomic E-state index is 12.1. The maximum atomic E-state index is 12.1. The lowest BCUT2D eigenvalue weighted by Crippen LogP contribution is -3.16. The first-order valence-electron chi connectivity index (χ1n) is 9.31. The number of pyridine rings is 1. The molecule has 0 atom stereocenters. The predicted octanol–water partition coefficient (Wildman–Crippen LogP) is 0.504. The predicted molar refractivity (Wildman–Crippen MR) is 106 cm³/mol. The smallest absolute Gasteiger partial charge is 0.275 e. The van der Waals surface area contributed by atoms with Gasteiger partial charge < -0.3 is 10.2 Å². The van der Waals surface area contributed by atoms with E-state index < -0.39 is 0 Å². The molecule has 0 spiro atoms. The number of nitrogens with zero attached hydrogens (tertiary/aromatic N) is 1. The van der Waals surface area contributed by atoms with Gasteiger partial charge in [-0.25, -0.2) is 4.98 Å². The molecule has 1 aliphatic heterocycles. The molecule has 1 aromatic heterocycles. The molecule has 3 rings (SSSR count). The number of nitrogens with one attached hydrogen (secondary N) is 3. The monoisotopic (exact) mass is 372 g/mol. The standard InChI is InChI=1S/C20H26N4OS/c25-20(22-11-6-16-26-18-7-2-1-3-8-18)17-23-12-14-24(15-13-23)19-9-4-5-10-21-19/h1-5,7-10H,6,11-17H2,(H,22,25)/p+2. The summed E-state index contributed by atoms with van der Waals surface area (Å²) in [5, 5.41) is 3.07. The van der Waals surface area contributed by atoms with Crippen LogP contribution in [0.3, 0.4) is 0 Å². The van der Waals surface area contributed by atoms with E-state index in [1.54, 1.807) is 0 Å². The van der Waals surface area contributed by atoms with E-state index in [-0.39, 0.29) is 5.91 Å². The van der Waals surface area contributed by atoms with Crippen molar-refractivity contribution >= 4 is 23.5 Å². The Morgan fingerprint density at radius 3 is 2.62 bits per heavy atom. The van der Waals surface area contributed by atoms with Gasteiger partial charge >= 0.3 is 0 Å². The fraction of sp³-hybridized carbons (Fsp3) is 0.400. The van der Waals surface area contributed by atoms with E-state index >= 15 is 0 Å². The van der Waals surface area contributed by atoms with E-state index in [4.69, 9.17) is 0 Å². The first kappa shape index (κ1) is 18.7. The summed E-state index contributed by atoms with van der Waals surface area (Å²) in [4.78, 5) is 20.4. The number of amides is 1. The SMILES string of the molecule is O=C(C[NH+]1CCN(c2cccc[nH+]2)CC1)NCCCSc1ccccc1. The molecule has 138 valence electrons. The third kappa shape index (κ3) is 6.04. The number of hydrogen-bond acceptors (Lipinski definition) is 3. The Balaban J connectivity index is 1.27. The summed E-state index contributed by atoms with van der Waals surface area (Å²) in [5.41, 5.74) is 0. The van der Waals surface area contributed by atoms with Crippen LogP contribution in [0.25, 0.3) is 0 Å². The van der Waals surface area contributed by atoms with Crippen molar-refractivity contribution in [1.82, 2.24) is 5.32 Å². The van der Waals surface area contributed by atoms with E-state index in [1.165, 1.54) is 9.80 Å². The molecule has 2 aromatic rings. The number of carbonyl (C=O) groups is 1. The minimum Gasteiger partial charge on any atom is -0.351 e. The summed E-state index contributed by atoms with van der Waals surface area (Å²) in [6.07, 6.45) is 2.95. The van der Waals surface area contributed by atoms with Crippen LogP contribution in [-0.4, -0.2) is 50.9 Å². The Kier molecular flexibility index (Phi) is 7.34. The largest absolute Gasteiger partial charge is 0.351 e. The van der Waals surface area contributed by atoms with Gasteiger partial charge in [-0.15, -0.1) is 11.8 Å². The van der Waals surface area contributed by atoms with Crippen LogP contribution in [0, 0.1) is 0 Å². The summed E-state index contributed by atoms with van der Waals surface area (Å²) in [6.45, 7) is 5.31. The summed E-state index contributed by atoms with van der Waals surface area (Å²) < 4.78 is 0. The quantitative estimate of drug-likeness (QED) is 0.524. The number of carbonyl (C=O) groups excluding carboxylic acids is 1. The number of hydrogen-bond donors (Lipinski definition) is 2. The second-order valence-corrected chi connectivity index (χ2v) is 7.69. The molecule has 1 saturated heterocycles. The molecule has 0 aliphatic carbocycles. The van der Waals surface area contributed by atoms with Crippen LogP contribution in [0.15, 0.2) is 59.6 Å². The minimum absolute atomic E-state index is 0.171. The van der Waals surface area contributed by atoms with Crippen LogP contribution >= 0.6 is 11.8 Å². The first-order valence-corrected chi connectivity index (χ1v) is 10.3. The third-order valence-corrected chi connectivity index (χ3v) is 5.67. The number of H-pyrrole nitrogens is 1. The second-order valence-electron chi connectivity index (χ2n) is 6.53. The van der Waals surface area contributed by atoms with Gasteiger partial charge in [-0.1, -0.05) is 24.3 Å². The highest BCUT2D eigenvalue weighted by atomic mass is 32.2. The van der Waals surface area contributed by atoms with E-state index in [1.807, 2.05) is 30.1 Å². The lowest BCUT2D eigenvalue weighted by atomic mass is 10.3. The molecule has 1 amide bonds. The van der Waals surface area contributed by atoms with Gasteiger partial charge in [0.25, 0.3) is 11.7 Å². The fourth-order valence-electron chi connectivity index (χ4n) is 3.12. The molecule has 0 bridgehead atoms. The van der Waals surface area contributed by atoms with Gasteiger partial charge in [0.1, 0.15) is 26.2 Å². The van der Waals surface area contributed by atoms with Gasteiger partial charge in [-0.05, 0) is 30.4 Å². The van der Waals surface area contributed by atoms with Crippen molar-refractivity contribution in [2.24, 2.45) is 0 Å². The Labute approximate surface area is 159 Å². The van der Waals surface area contributed by atoms with Crippen molar-refractivity contribution in [3.05, 3.63) is 54.7 Å². The number of aromatic nitrogens is 1. The summed E-state index contributed by atoms with van der Waals surface area (Å²) in [7, 11) is 0. The van der Waals surface area contributed by atoms with Crippen LogP contribution in [-0.2, 0) is 4.79 Å². The van der Waals surface area contributed by atoms with Crippen LogP contribution < -0.4 is 20.1 Å². The topological polar surface area (TPSA) is 50.9 Å². The average Bonchev–Trinajstić information content (AvgIpc) is 2.70. The van der Waals surface area contributed by atoms with Crippen LogP contribution in [0.1, 0.15) is 6.42 Å². The molecule has 0 radical (unpaired) electrons. The van der Waals surface area contributed by atoms with Gasteiger partial charge in [0.05, 0.1) is 6.20 Å². The second kappa shape index (κ2) is 10.2. The molecule has 6 heteroatoms. The highest BCUT2D eigenvalue weighted by Crippen LogP contribution is 2.17. The summed E-state index contributed by atoms with van der Waals surface area (Å²) in [6, 6.07) is 16.5. The molecule has 1 aromatic carbocycles. The van der Waals surface area contributed by atoms with Crippen molar-refractivity contribution < 1.29 is 14.7 Å². The summed E-state index contributed by atoms with van der Waals surface area (Å²) in [5.74, 6) is 2.36. The Morgan fingerprint density at radius 2 is 1.88 bits per heavy atom. The van der Waals surface area contributed by atoms with E-state index in [2.05, 4.69) is 51.6 Å². The molecular formula is C20H28N4OS+2. The van der Waals surface area contributed by atoms with Crippen molar-refractivity contribution in [1.29, 1.82) is 0 Å². The van der Waals surface area contributed by atoms with Crippen molar-refractivity contribution in [3.8, 4) is 0 Å². The minimum atomic E-state index is 0.171. The van der Waals surface area contributed by atoms with E-state index in [9.17, 15) is 4.79 Å². The van der Waals surface area contributed by atoms with Crippen LogP contribution in [0.2, 0.25) is 0 Å². The molecule has 0 saturated carbocycles. The molecule has 2 heterocycles. The number of aromatic amines is 1. The molecular weight excluding hydrogens is 344 g/mol. The van der Waals surface area contributed by atoms with E-state index in [0.717, 1.165) is 50.7 Å². The number of piperazine rings is 1. The number of benzene rings is 1. The molecule has 1 aliphatic rings. The number of quaternary nitrogens is 1. The maximum Gasteiger partial charge on any atom is 0.275 e.